The van der Waals surface area contributed by atoms with Crippen LogP contribution in [0.1, 0.15) is 31.0 Å². The highest BCUT2D eigenvalue weighted by molar-refractivity contribution is 6.07. The summed E-state index contributed by atoms with van der Waals surface area (Å²) < 4.78 is 11.2. The van der Waals surface area contributed by atoms with Crippen molar-refractivity contribution in [2.75, 3.05) is 30.0 Å². The number of nitrogens with one attached hydrogen (secondary N) is 2. The predicted molar refractivity (Wildman–Crippen MR) is 112 cm³/mol. The number of benzene rings is 2. The highest BCUT2D eigenvalue weighted by atomic mass is 16.7. The molecule has 0 fully saturated rings. The maximum absolute atomic E-state index is 13.1. The van der Waals surface area contributed by atoms with Gasteiger partial charge in [0.05, 0.1) is 18.2 Å². The van der Waals surface area contributed by atoms with Gasteiger partial charge >= 0.3 is 6.03 Å². The van der Waals surface area contributed by atoms with E-state index in [1.165, 1.54) is 0 Å². The molecule has 8 heteroatoms. The maximum Gasteiger partial charge on any atom is 0.320 e. The van der Waals surface area contributed by atoms with Crippen LogP contribution in [0.3, 0.4) is 0 Å². The van der Waals surface area contributed by atoms with Crippen LogP contribution >= 0.6 is 0 Å². The fourth-order valence-corrected chi connectivity index (χ4v) is 3.31. The molecule has 0 bridgehead atoms. The first-order chi connectivity index (χ1) is 14.6. The molecule has 1 aliphatic heterocycles. The molecule has 3 rings (SSSR count). The molecule has 0 saturated heterocycles. The molecule has 156 valence electrons. The second-order valence-electron chi connectivity index (χ2n) is 6.57. The van der Waals surface area contributed by atoms with Gasteiger partial charge in [0.15, 0.2) is 6.29 Å². The van der Waals surface area contributed by atoms with E-state index in [9.17, 15) is 9.59 Å². The summed E-state index contributed by atoms with van der Waals surface area (Å²) in [5.74, 6) is -0.254. The molecule has 0 radical (unpaired) electrons. The van der Waals surface area contributed by atoms with Gasteiger partial charge in [-0.3, -0.25) is 4.79 Å². The van der Waals surface area contributed by atoms with Crippen LogP contribution in [0.2, 0.25) is 0 Å². The molecule has 8 nitrogen and oxygen atoms in total. The Bertz CT molecular complexity index is 933. The fraction of sp³-hybridized carbons (Fsp3) is 0.318. The summed E-state index contributed by atoms with van der Waals surface area (Å²) >= 11 is 0. The Balaban J connectivity index is 1.74. The summed E-state index contributed by atoms with van der Waals surface area (Å²) in [5.41, 5.74) is 2.45. The van der Waals surface area contributed by atoms with Crippen molar-refractivity contribution in [2.24, 2.45) is 0 Å². The Labute approximate surface area is 175 Å². The second-order valence-corrected chi connectivity index (χ2v) is 6.57. The first kappa shape index (κ1) is 21.3. The van der Waals surface area contributed by atoms with Crippen LogP contribution in [0.15, 0.2) is 48.5 Å². The van der Waals surface area contributed by atoms with Crippen LogP contribution in [0.4, 0.5) is 16.2 Å². The van der Waals surface area contributed by atoms with Crippen molar-refractivity contribution in [2.45, 2.75) is 26.2 Å². The van der Waals surface area contributed by atoms with E-state index in [-0.39, 0.29) is 12.5 Å². The van der Waals surface area contributed by atoms with E-state index in [0.29, 0.717) is 30.0 Å². The topological polar surface area (TPSA) is 104 Å². The molecule has 3 amide bonds. The molecule has 2 aromatic rings. The molecule has 1 atom stereocenters. The lowest BCUT2D eigenvalue weighted by Gasteiger charge is -2.24. The molecule has 2 N–H and O–H groups in total. The zero-order valence-electron chi connectivity index (χ0n) is 16.9. The molecule has 1 heterocycles. The van der Waals surface area contributed by atoms with E-state index < -0.39 is 18.4 Å². The zero-order chi connectivity index (χ0) is 21.5. The minimum absolute atomic E-state index is 0.229. The molecular formula is C22H24N4O4. The molecule has 30 heavy (non-hydrogen) atoms. The van der Waals surface area contributed by atoms with Crippen molar-refractivity contribution in [1.82, 2.24) is 5.32 Å². The van der Waals surface area contributed by atoms with Crippen molar-refractivity contribution in [1.29, 1.82) is 5.26 Å². The number of amides is 3. The normalized spacial score (nSPS) is 15.1. The Morgan fingerprint density at radius 1 is 1.13 bits per heavy atom. The first-order valence-electron chi connectivity index (χ1n) is 9.78. The Morgan fingerprint density at radius 2 is 1.80 bits per heavy atom. The fourth-order valence-electron chi connectivity index (χ4n) is 3.31. The lowest BCUT2D eigenvalue weighted by Crippen LogP contribution is -2.43. The predicted octanol–water partition coefficient (Wildman–Crippen LogP) is 3.17. The second kappa shape index (κ2) is 9.87. The monoisotopic (exact) mass is 408 g/mol. The van der Waals surface area contributed by atoms with Gasteiger partial charge in [-0.05, 0) is 44.2 Å². The number of carbonyl (C=O) groups is 2. The lowest BCUT2D eigenvalue weighted by atomic mass is 10.1. The zero-order valence-corrected chi connectivity index (χ0v) is 16.9. The van der Waals surface area contributed by atoms with Crippen molar-refractivity contribution in [3.8, 4) is 6.07 Å². The number of fused-ring (bicyclic) bond motifs is 1. The smallest absolute Gasteiger partial charge is 0.320 e. The maximum atomic E-state index is 13.1. The van der Waals surface area contributed by atoms with E-state index in [4.69, 9.17) is 14.7 Å². The highest BCUT2D eigenvalue weighted by Gasteiger charge is 2.39. The summed E-state index contributed by atoms with van der Waals surface area (Å²) in [7, 11) is 0. The Kier molecular flexibility index (Phi) is 7.01. The van der Waals surface area contributed by atoms with E-state index >= 15 is 0 Å². The van der Waals surface area contributed by atoms with Crippen LogP contribution in [0.5, 0.6) is 0 Å². The van der Waals surface area contributed by atoms with Crippen LogP contribution in [0.25, 0.3) is 0 Å². The number of anilines is 2. The average Bonchev–Trinajstić information content (AvgIpc) is 3.00. The van der Waals surface area contributed by atoms with Gasteiger partial charge < -0.3 is 25.0 Å². The molecule has 0 aliphatic carbocycles. The average molecular weight is 408 g/mol. The summed E-state index contributed by atoms with van der Waals surface area (Å²) in [6.07, 6.45) is -0.553. The molecule has 2 aromatic carbocycles. The number of para-hydroxylation sites is 1. The van der Waals surface area contributed by atoms with Gasteiger partial charge in [-0.15, -0.1) is 0 Å². The third-order valence-electron chi connectivity index (χ3n) is 4.64. The number of rotatable bonds is 8. The van der Waals surface area contributed by atoms with Crippen LogP contribution in [-0.4, -0.2) is 38.0 Å². The van der Waals surface area contributed by atoms with Crippen molar-refractivity contribution in [3.05, 3.63) is 59.7 Å². The number of hydrogen-bond donors (Lipinski definition) is 2. The summed E-state index contributed by atoms with van der Waals surface area (Å²) in [4.78, 5) is 27.2. The van der Waals surface area contributed by atoms with Gasteiger partial charge in [0.2, 0.25) is 0 Å². The van der Waals surface area contributed by atoms with Gasteiger partial charge in [-0.2, -0.15) is 5.26 Å². The number of urea groups is 1. The van der Waals surface area contributed by atoms with Crippen LogP contribution in [-0.2, 0) is 14.3 Å². The quantitative estimate of drug-likeness (QED) is 0.653. The first-order valence-corrected chi connectivity index (χ1v) is 9.78. The SMILES string of the molecule is CCOC(CN1C(=O)C(NC(=O)Nc2ccc(C#N)cc2)c2ccccc21)OCC. The third-order valence-corrected chi connectivity index (χ3v) is 4.64. The minimum Gasteiger partial charge on any atom is -0.351 e. The Hall–Kier alpha value is -3.41. The lowest BCUT2D eigenvalue weighted by molar-refractivity contribution is -0.135. The van der Waals surface area contributed by atoms with Gasteiger partial charge in [0.1, 0.15) is 6.04 Å². The standard InChI is InChI=1S/C22H24N4O4/c1-3-29-19(30-4-2)14-26-18-8-6-5-7-17(18)20(21(26)27)25-22(28)24-16-11-9-15(13-23)10-12-16/h5-12,19-20H,3-4,14H2,1-2H3,(H2,24,25,28). The Morgan fingerprint density at radius 3 is 2.43 bits per heavy atom. The largest absolute Gasteiger partial charge is 0.351 e. The van der Waals surface area contributed by atoms with E-state index in [2.05, 4.69) is 10.6 Å². The molecular weight excluding hydrogens is 384 g/mol. The van der Waals surface area contributed by atoms with Crippen molar-refractivity contribution >= 4 is 23.3 Å². The summed E-state index contributed by atoms with van der Waals surface area (Å²) in [6.45, 7) is 4.88. The van der Waals surface area contributed by atoms with Gasteiger partial charge in [0.25, 0.3) is 5.91 Å². The number of hydrogen-bond acceptors (Lipinski definition) is 5. The van der Waals surface area contributed by atoms with E-state index in [1.807, 2.05) is 44.2 Å². The van der Waals surface area contributed by atoms with Gasteiger partial charge in [-0.25, -0.2) is 4.79 Å². The van der Waals surface area contributed by atoms with Crippen LogP contribution < -0.4 is 15.5 Å². The molecule has 0 saturated carbocycles. The summed E-state index contributed by atoms with van der Waals surface area (Å²) in [5, 5.41) is 14.3. The van der Waals surface area contributed by atoms with E-state index in [0.717, 1.165) is 5.69 Å². The van der Waals surface area contributed by atoms with Gasteiger partial charge in [0, 0.05) is 30.2 Å². The minimum atomic E-state index is -0.816. The van der Waals surface area contributed by atoms with Gasteiger partial charge in [-0.1, -0.05) is 18.2 Å². The number of nitrogens with zero attached hydrogens (tertiary/aromatic N) is 2. The highest BCUT2D eigenvalue weighted by Crippen LogP contribution is 2.36. The molecule has 0 aromatic heterocycles. The molecule has 1 unspecified atom stereocenters. The van der Waals surface area contributed by atoms with Crippen molar-refractivity contribution < 1.29 is 19.1 Å². The summed E-state index contributed by atoms with van der Waals surface area (Å²) in [6, 6.07) is 14.5. The molecule has 0 spiro atoms. The molecule has 1 aliphatic rings. The van der Waals surface area contributed by atoms with Crippen LogP contribution in [0, 0.1) is 11.3 Å². The number of carbonyl (C=O) groups excluding carboxylic acids is 2. The third kappa shape index (κ3) is 4.76. The van der Waals surface area contributed by atoms with E-state index in [1.54, 1.807) is 29.2 Å². The number of ether oxygens (including phenoxy) is 2. The number of nitriles is 1. The van der Waals surface area contributed by atoms with Crippen molar-refractivity contribution in [3.63, 3.8) is 0 Å².